The summed E-state index contributed by atoms with van der Waals surface area (Å²) in [5.74, 6) is 0.345. The molecule has 3 aromatic rings. The van der Waals surface area contributed by atoms with E-state index in [4.69, 9.17) is 14.7 Å². The maximum atomic E-state index is 13.2. The first kappa shape index (κ1) is 25.6. The van der Waals surface area contributed by atoms with Gasteiger partial charge in [-0.1, -0.05) is 0 Å². The summed E-state index contributed by atoms with van der Waals surface area (Å²) in [7, 11) is 0. The number of carbonyl (C=O) groups excluding carboxylic acids is 1. The van der Waals surface area contributed by atoms with Gasteiger partial charge in [0.05, 0.1) is 25.5 Å². The number of carbonyl (C=O) groups is 1. The number of halogens is 3. The fraction of sp³-hybridized carbons (Fsp3) is 0.400. The van der Waals surface area contributed by atoms with Gasteiger partial charge in [0.25, 0.3) is 0 Å². The molecule has 2 aliphatic heterocycles. The van der Waals surface area contributed by atoms with Crippen LogP contribution in [0.25, 0.3) is 11.4 Å². The molecular weight excluding hydrogens is 501 g/mol. The van der Waals surface area contributed by atoms with Crippen LogP contribution in [-0.2, 0) is 23.9 Å². The van der Waals surface area contributed by atoms with Crippen LogP contribution < -0.4 is 20.4 Å². The number of urea groups is 1. The average molecular weight is 529 g/mol. The van der Waals surface area contributed by atoms with E-state index >= 15 is 0 Å². The Balaban J connectivity index is 1.47. The second-order valence-electron chi connectivity index (χ2n) is 8.87. The number of alkyl halides is 3. The maximum Gasteiger partial charge on any atom is 0.451 e. The van der Waals surface area contributed by atoms with E-state index < -0.39 is 12.0 Å². The van der Waals surface area contributed by atoms with Crippen LogP contribution >= 0.6 is 0 Å². The molecule has 0 saturated carbocycles. The number of nitrogens with one attached hydrogen (secondary N) is 2. The van der Waals surface area contributed by atoms with Gasteiger partial charge in [0.1, 0.15) is 11.6 Å². The standard InChI is InChI=1S/C25H27F3N8O2/c1-2-29-24(37)31-17-5-3-16(4-6-17)21-32-19-15-36(20-7-9-30-23(33-20)25(26,27)28)10-8-18(19)22(34-21)35-11-13-38-14-12-35/h3-7,9H,2,8,10-15H2,1H3,(H2,29,31,37). The minimum Gasteiger partial charge on any atom is -0.378 e. The predicted molar refractivity (Wildman–Crippen MR) is 135 cm³/mol. The van der Waals surface area contributed by atoms with Gasteiger partial charge in [0.2, 0.25) is 5.82 Å². The van der Waals surface area contributed by atoms with Crippen LogP contribution in [0, 0.1) is 0 Å². The van der Waals surface area contributed by atoms with E-state index in [9.17, 15) is 18.0 Å². The van der Waals surface area contributed by atoms with Crippen LogP contribution in [-0.4, -0.2) is 65.4 Å². The van der Waals surface area contributed by atoms with Crippen LogP contribution in [0.2, 0.25) is 0 Å². The van der Waals surface area contributed by atoms with Crippen molar-refractivity contribution in [1.82, 2.24) is 25.3 Å². The monoisotopic (exact) mass is 528 g/mol. The molecule has 2 aliphatic rings. The first-order valence-corrected chi connectivity index (χ1v) is 12.3. The van der Waals surface area contributed by atoms with Gasteiger partial charge < -0.3 is 25.2 Å². The van der Waals surface area contributed by atoms with Crippen molar-refractivity contribution in [2.75, 3.05) is 54.5 Å². The molecule has 2 aromatic heterocycles. The molecule has 13 heteroatoms. The van der Waals surface area contributed by atoms with Gasteiger partial charge in [-0.3, -0.25) is 0 Å². The molecule has 1 saturated heterocycles. The van der Waals surface area contributed by atoms with Crippen LogP contribution in [0.5, 0.6) is 0 Å². The summed E-state index contributed by atoms with van der Waals surface area (Å²) in [6.45, 7) is 5.65. The highest BCUT2D eigenvalue weighted by Gasteiger charge is 2.35. The summed E-state index contributed by atoms with van der Waals surface area (Å²) in [5.41, 5.74) is 3.09. The highest BCUT2D eigenvalue weighted by Crippen LogP contribution is 2.33. The van der Waals surface area contributed by atoms with E-state index in [-0.39, 0.29) is 18.4 Å². The minimum atomic E-state index is -4.62. The number of amides is 2. The van der Waals surface area contributed by atoms with E-state index in [0.29, 0.717) is 57.3 Å². The molecule has 2 N–H and O–H groups in total. The molecule has 0 aliphatic carbocycles. The average Bonchev–Trinajstić information content (AvgIpc) is 2.93. The number of nitrogens with zero attached hydrogens (tertiary/aromatic N) is 6. The largest absolute Gasteiger partial charge is 0.451 e. The van der Waals surface area contributed by atoms with Crippen molar-refractivity contribution in [1.29, 1.82) is 0 Å². The lowest BCUT2D eigenvalue weighted by Gasteiger charge is -2.34. The van der Waals surface area contributed by atoms with E-state index in [1.54, 1.807) is 17.0 Å². The SMILES string of the molecule is CCNC(=O)Nc1ccc(-c2nc3c(c(N4CCOCC4)n2)CCN(c2ccnc(C(F)(F)F)n2)C3)cc1. The molecular formula is C25H27F3N8O2. The molecule has 200 valence electrons. The highest BCUT2D eigenvalue weighted by atomic mass is 19.4. The van der Waals surface area contributed by atoms with Gasteiger partial charge in [-0.25, -0.2) is 24.7 Å². The van der Waals surface area contributed by atoms with E-state index in [2.05, 4.69) is 25.5 Å². The molecule has 2 amide bonds. The molecule has 0 spiro atoms. The first-order chi connectivity index (χ1) is 18.3. The molecule has 0 radical (unpaired) electrons. The van der Waals surface area contributed by atoms with Gasteiger partial charge in [-0.05, 0) is 43.7 Å². The summed E-state index contributed by atoms with van der Waals surface area (Å²) in [4.78, 5) is 32.7. The Kier molecular flexibility index (Phi) is 7.27. The third kappa shape index (κ3) is 5.62. The van der Waals surface area contributed by atoms with Crippen molar-refractivity contribution in [3.8, 4) is 11.4 Å². The lowest BCUT2D eigenvalue weighted by molar-refractivity contribution is -0.144. The van der Waals surface area contributed by atoms with Gasteiger partial charge in [-0.15, -0.1) is 0 Å². The number of fused-ring (bicyclic) bond motifs is 1. The maximum absolute atomic E-state index is 13.2. The number of rotatable bonds is 5. The van der Waals surface area contributed by atoms with E-state index in [1.165, 1.54) is 6.07 Å². The fourth-order valence-electron chi connectivity index (χ4n) is 4.47. The number of morpholine rings is 1. The van der Waals surface area contributed by atoms with Crippen LogP contribution in [0.1, 0.15) is 24.0 Å². The van der Waals surface area contributed by atoms with Crippen molar-refractivity contribution in [3.05, 3.63) is 53.6 Å². The predicted octanol–water partition coefficient (Wildman–Crippen LogP) is 3.49. The number of aromatic nitrogens is 4. The summed E-state index contributed by atoms with van der Waals surface area (Å²) >= 11 is 0. The van der Waals surface area contributed by atoms with Crippen molar-refractivity contribution in [2.24, 2.45) is 0 Å². The zero-order valence-corrected chi connectivity index (χ0v) is 20.8. The van der Waals surface area contributed by atoms with Gasteiger partial charge >= 0.3 is 12.2 Å². The summed E-state index contributed by atoms with van der Waals surface area (Å²) in [5, 5.41) is 5.44. The molecule has 0 bridgehead atoms. The number of hydrogen-bond acceptors (Lipinski definition) is 8. The fourth-order valence-corrected chi connectivity index (χ4v) is 4.47. The number of anilines is 3. The Morgan fingerprint density at radius 2 is 1.79 bits per heavy atom. The van der Waals surface area contributed by atoms with E-state index in [1.807, 2.05) is 19.1 Å². The quantitative estimate of drug-likeness (QED) is 0.518. The molecule has 10 nitrogen and oxygen atoms in total. The normalized spacial score (nSPS) is 15.7. The molecule has 5 rings (SSSR count). The molecule has 0 unspecified atom stereocenters. The number of ether oxygens (including phenoxy) is 1. The van der Waals surface area contributed by atoms with Crippen molar-refractivity contribution < 1.29 is 22.7 Å². The Morgan fingerprint density at radius 3 is 2.50 bits per heavy atom. The molecule has 38 heavy (non-hydrogen) atoms. The van der Waals surface area contributed by atoms with Gasteiger partial charge in [0.15, 0.2) is 5.82 Å². The molecule has 0 atom stereocenters. The summed E-state index contributed by atoms with van der Waals surface area (Å²) in [6.07, 6.45) is -2.94. The van der Waals surface area contributed by atoms with Crippen LogP contribution in [0.15, 0.2) is 36.5 Å². The lowest BCUT2D eigenvalue weighted by Crippen LogP contribution is -2.39. The summed E-state index contributed by atoms with van der Waals surface area (Å²) in [6, 6.07) is 8.38. The van der Waals surface area contributed by atoms with Crippen molar-refractivity contribution in [2.45, 2.75) is 26.1 Å². The number of hydrogen-bond donors (Lipinski definition) is 2. The van der Waals surface area contributed by atoms with E-state index in [0.717, 1.165) is 28.8 Å². The second-order valence-corrected chi connectivity index (χ2v) is 8.87. The second kappa shape index (κ2) is 10.8. The smallest absolute Gasteiger partial charge is 0.378 e. The minimum absolute atomic E-state index is 0.201. The number of benzene rings is 1. The van der Waals surface area contributed by atoms with Gasteiger partial charge in [-0.2, -0.15) is 13.2 Å². The topological polar surface area (TPSA) is 108 Å². The Labute approximate surface area is 217 Å². The molecule has 1 fully saturated rings. The molecule has 1 aromatic carbocycles. The third-order valence-electron chi connectivity index (χ3n) is 6.31. The highest BCUT2D eigenvalue weighted by molar-refractivity contribution is 5.89. The zero-order chi connectivity index (χ0) is 26.7. The Morgan fingerprint density at radius 1 is 1.03 bits per heavy atom. The van der Waals surface area contributed by atoms with Crippen LogP contribution in [0.4, 0.5) is 35.3 Å². The lowest BCUT2D eigenvalue weighted by atomic mass is 10.0. The van der Waals surface area contributed by atoms with Crippen molar-refractivity contribution in [3.63, 3.8) is 0 Å². The Bertz CT molecular complexity index is 1300. The third-order valence-corrected chi connectivity index (χ3v) is 6.31. The van der Waals surface area contributed by atoms with Crippen molar-refractivity contribution >= 4 is 23.4 Å². The first-order valence-electron chi connectivity index (χ1n) is 12.3. The molecule has 4 heterocycles. The van der Waals surface area contributed by atoms with Gasteiger partial charge in [0, 0.05) is 49.2 Å². The summed E-state index contributed by atoms with van der Waals surface area (Å²) < 4.78 is 45.1. The zero-order valence-electron chi connectivity index (χ0n) is 20.8. The Hall–Kier alpha value is -4.00. The van der Waals surface area contributed by atoms with Crippen LogP contribution in [0.3, 0.4) is 0 Å².